The third-order valence-corrected chi connectivity index (χ3v) is 4.25. The monoisotopic (exact) mass is 367 g/mol. The van der Waals surface area contributed by atoms with Crippen LogP contribution in [0.4, 0.5) is 5.69 Å². The molecule has 0 bridgehead atoms. The quantitative estimate of drug-likeness (QED) is 0.579. The lowest BCUT2D eigenvalue weighted by molar-refractivity contribution is 0.102. The van der Waals surface area contributed by atoms with Crippen molar-refractivity contribution in [1.29, 1.82) is 0 Å². The van der Waals surface area contributed by atoms with Crippen LogP contribution in [-0.2, 0) is 7.05 Å². The molecule has 1 amide bonds. The van der Waals surface area contributed by atoms with Gasteiger partial charge in [-0.15, -0.1) is 5.10 Å². The van der Waals surface area contributed by atoms with Gasteiger partial charge in [-0.05, 0) is 43.3 Å². The minimum absolute atomic E-state index is 0.245. The van der Waals surface area contributed by atoms with E-state index >= 15 is 0 Å². The molecule has 2 aromatic heterocycles. The molecule has 0 atom stereocenters. The Balaban J connectivity index is 1.58. The predicted octanol–water partition coefficient (Wildman–Crippen LogP) is 2.97. The fraction of sp³-hybridized carbons (Fsp3) is 0.118. The van der Waals surface area contributed by atoms with Crippen LogP contribution >= 0.6 is 11.6 Å². The number of aryl methyl sites for hydroxylation is 2. The summed E-state index contributed by atoms with van der Waals surface area (Å²) in [6, 6.07) is 10.4. The van der Waals surface area contributed by atoms with Gasteiger partial charge in [-0.1, -0.05) is 16.8 Å². The Bertz CT molecular complexity index is 1130. The summed E-state index contributed by atoms with van der Waals surface area (Å²) in [6.45, 7) is 1.81. The van der Waals surface area contributed by atoms with Crippen LogP contribution in [0.25, 0.3) is 22.4 Å². The molecule has 130 valence electrons. The molecule has 0 spiro atoms. The number of hydrogen-bond donors (Lipinski definition) is 2. The Morgan fingerprint density at radius 3 is 2.81 bits per heavy atom. The molecule has 0 radical (unpaired) electrons. The van der Waals surface area contributed by atoms with Gasteiger partial charge in [0.1, 0.15) is 11.3 Å². The van der Waals surface area contributed by atoms with E-state index in [1.54, 1.807) is 48.1 Å². The van der Waals surface area contributed by atoms with Crippen LogP contribution in [0.2, 0.25) is 5.02 Å². The summed E-state index contributed by atoms with van der Waals surface area (Å²) in [5.41, 5.74) is 3.30. The molecule has 2 heterocycles. The molecule has 0 saturated carbocycles. The number of halogens is 1. The van der Waals surface area contributed by atoms with Crippen LogP contribution in [-0.4, -0.2) is 36.1 Å². The molecule has 0 aliphatic rings. The SMILES string of the molecule is Cc1nc(-c2ccc(NC(=O)c3ccc4nnn(C)c4c3)cc2Cl)n[nH]1. The second kappa shape index (κ2) is 6.23. The average molecular weight is 368 g/mol. The van der Waals surface area contributed by atoms with Crippen molar-refractivity contribution in [1.82, 2.24) is 30.2 Å². The Morgan fingerprint density at radius 2 is 2.08 bits per heavy atom. The van der Waals surface area contributed by atoms with Crippen molar-refractivity contribution in [3.63, 3.8) is 0 Å². The maximum atomic E-state index is 12.5. The highest BCUT2D eigenvalue weighted by Gasteiger charge is 2.12. The number of aromatic nitrogens is 6. The highest BCUT2D eigenvalue weighted by molar-refractivity contribution is 6.33. The maximum Gasteiger partial charge on any atom is 0.255 e. The predicted molar refractivity (Wildman–Crippen MR) is 98.0 cm³/mol. The van der Waals surface area contributed by atoms with E-state index in [0.717, 1.165) is 11.0 Å². The third kappa shape index (κ3) is 2.91. The number of aromatic amines is 1. The summed E-state index contributed by atoms with van der Waals surface area (Å²) in [5, 5.41) is 18.1. The number of H-pyrrole nitrogens is 1. The highest BCUT2D eigenvalue weighted by Crippen LogP contribution is 2.28. The van der Waals surface area contributed by atoms with E-state index in [2.05, 4.69) is 30.8 Å². The molecule has 4 rings (SSSR count). The molecule has 0 saturated heterocycles. The van der Waals surface area contributed by atoms with Gasteiger partial charge in [-0.25, -0.2) is 9.67 Å². The zero-order chi connectivity index (χ0) is 18.3. The average Bonchev–Trinajstić information content (AvgIpc) is 3.21. The Labute approximate surface area is 153 Å². The summed E-state index contributed by atoms with van der Waals surface area (Å²) < 4.78 is 1.62. The van der Waals surface area contributed by atoms with Crippen LogP contribution in [0, 0.1) is 6.92 Å². The lowest BCUT2D eigenvalue weighted by Crippen LogP contribution is -2.12. The molecule has 0 aliphatic heterocycles. The first-order valence-electron chi connectivity index (χ1n) is 7.81. The number of carbonyl (C=O) groups is 1. The summed E-state index contributed by atoms with van der Waals surface area (Å²) in [4.78, 5) is 16.8. The van der Waals surface area contributed by atoms with Crippen molar-refractivity contribution in [2.24, 2.45) is 7.05 Å². The summed E-state index contributed by atoms with van der Waals surface area (Å²) >= 11 is 6.32. The van der Waals surface area contributed by atoms with E-state index in [0.29, 0.717) is 33.5 Å². The van der Waals surface area contributed by atoms with Gasteiger partial charge >= 0.3 is 0 Å². The lowest BCUT2D eigenvalue weighted by atomic mass is 10.1. The zero-order valence-electron chi connectivity index (χ0n) is 14.0. The van der Waals surface area contributed by atoms with Crippen LogP contribution in [0.1, 0.15) is 16.2 Å². The number of amides is 1. The summed E-state index contributed by atoms with van der Waals surface area (Å²) in [6.07, 6.45) is 0. The highest BCUT2D eigenvalue weighted by atomic mass is 35.5. The van der Waals surface area contributed by atoms with Gasteiger partial charge in [0.15, 0.2) is 5.82 Å². The van der Waals surface area contributed by atoms with E-state index in [1.165, 1.54) is 0 Å². The van der Waals surface area contributed by atoms with E-state index in [1.807, 2.05) is 6.92 Å². The second-order valence-electron chi connectivity index (χ2n) is 5.81. The molecule has 0 aliphatic carbocycles. The van der Waals surface area contributed by atoms with Crippen LogP contribution < -0.4 is 5.32 Å². The summed E-state index contributed by atoms with van der Waals surface area (Å²) in [7, 11) is 1.78. The second-order valence-corrected chi connectivity index (χ2v) is 6.22. The van der Waals surface area contributed by atoms with Crippen LogP contribution in [0.3, 0.4) is 0 Å². The molecular weight excluding hydrogens is 354 g/mol. The van der Waals surface area contributed by atoms with Crippen molar-refractivity contribution in [2.45, 2.75) is 6.92 Å². The Morgan fingerprint density at radius 1 is 1.23 bits per heavy atom. The first-order chi connectivity index (χ1) is 12.5. The minimum Gasteiger partial charge on any atom is -0.322 e. The number of nitrogens with zero attached hydrogens (tertiary/aromatic N) is 5. The van der Waals surface area contributed by atoms with Gasteiger partial charge in [-0.3, -0.25) is 9.89 Å². The van der Waals surface area contributed by atoms with E-state index in [4.69, 9.17) is 11.6 Å². The largest absolute Gasteiger partial charge is 0.322 e. The number of hydrogen-bond acceptors (Lipinski definition) is 5. The summed E-state index contributed by atoms with van der Waals surface area (Å²) in [5.74, 6) is 0.971. The fourth-order valence-corrected chi connectivity index (χ4v) is 2.88. The lowest BCUT2D eigenvalue weighted by Gasteiger charge is -2.08. The fourth-order valence-electron chi connectivity index (χ4n) is 2.61. The molecule has 2 N–H and O–H groups in total. The topological polar surface area (TPSA) is 101 Å². The van der Waals surface area contributed by atoms with Gasteiger partial charge in [-0.2, -0.15) is 5.10 Å². The molecule has 8 nitrogen and oxygen atoms in total. The van der Waals surface area contributed by atoms with Gasteiger partial charge in [0.25, 0.3) is 5.91 Å². The molecule has 0 fully saturated rings. The number of carbonyl (C=O) groups excluding carboxylic acids is 1. The van der Waals surface area contributed by atoms with Gasteiger partial charge in [0.2, 0.25) is 0 Å². The van der Waals surface area contributed by atoms with Gasteiger partial charge < -0.3 is 5.32 Å². The van der Waals surface area contributed by atoms with Crippen LogP contribution in [0.5, 0.6) is 0 Å². The van der Waals surface area contributed by atoms with Crippen molar-refractivity contribution < 1.29 is 4.79 Å². The number of anilines is 1. The standard InChI is InChI=1S/C17H14ClN7O/c1-9-19-16(23-21-9)12-5-4-11(8-13(12)18)20-17(26)10-3-6-14-15(7-10)25(2)24-22-14/h3-8H,1-2H3,(H,20,26)(H,19,21,23). The maximum absolute atomic E-state index is 12.5. The zero-order valence-corrected chi connectivity index (χ0v) is 14.7. The third-order valence-electron chi connectivity index (χ3n) is 3.94. The van der Waals surface area contributed by atoms with Gasteiger partial charge in [0, 0.05) is 23.9 Å². The molecule has 0 unspecified atom stereocenters. The minimum atomic E-state index is -0.245. The van der Waals surface area contributed by atoms with Crippen molar-refractivity contribution >= 4 is 34.2 Å². The normalized spacial score (nSPS) is 11.0. The van der Waals surface area contributed by atoms with Crippen molar-refractivity contribution in [3.05, 3.63) is 52.8 Å². The van der Waals surface area contributed by atoms with E-state index < -0.39 is 0 Å². The Hall–Kier alpha value is -3.26. The number of rotatable bonds is 3. The number of fused-ring (bicyclic) bond motifs is 1. The van der Waals surface area contributed by atoms with E-state index in [9.17, 15) is 4.79 Å². The number of nitrogens with one attached hydrogen (secondary N) is 2. The van der Waals surface area contributed by atoms with Crippen molar-refractivity contribution in [2.75, 3.05) is 5.32 Å². The molecule has 2 aromatic carbocycles. The molecular formula is C17H14ClN7O. The van der Waals surface area contributed by atoms with Crippen LogP contribution in [0.15, 0.2) is 36.4 Å². The van der Waals surface area contributed by atoms with E-state index in [-0.39, 0.29) is 5.91 Å². The first kappa shape index (κ1) is 16.2. The molecule has 26 heavy (non-hydrogen) atoms. The number of benzene rings is 2. The smallest absolute Gasteiger partial charge is 0.255 e. The Kier molecular flexibility index (Phi) is 3.89. The van der Waals surface area contributed by atoms with Crippen molar-refractivity contribution in [3.8, 4) is 11.4 Å². The molecule has 9 heteroatoms. The van der Waals surface area contributed by atoms with Gasteiger partial charge in [0.05, 0.1) is 10.5 Å². The first-order valence-corrected chi connectivity index (χ1v) is 8.19. The molecule has 4 aromatic rings.